The van der Waals surface area contributed by atoms with Crippen molar-refractivity contribution in [1.29, 1.82) is 0 Å². The number of nitrogens with zero attached hydrogens (tertiary/aromatic N) is 3. The van der Waals surface area contributed by atoms with Gasteiger partial charge in [0, 0.05) is 23.1 Å². The molecule has 1 amide bonds. The van der Waals surface area contributed by atoms with Crippen molar-refractivity contribution in [1.82, 2.24) is 15.0 Å². The van der Waals surface area contributed by atoms with Crippen molar-refractivity contribution in [3.8, 4) is 5.88 Å². The lowest BCUT2D eigenvalue weighted by molar-refractivity contribution is -0.122. The largest absolute Gasteiger partial charge is 0.463 e. The van der Waals surface area contributed by atoms with Gasteiger partial charge < -0.3 is 14.8 Å². The highest BCUT2D eigenvalue weighted by molar-refractivity contribution is 7.25. The monoisotopic (exact) mass is 434 g/mol. The van der Waals surface area contributed by atoms with Gasteiger partial charge in [0.25, 0.3) is 5.91 Å². The Morgan fingerprint density at radius 3 is 2.87 bits per heavy atom. The fourth-order valence-electron chi connectivity index (χ4n) is 3.64. The Kier molecular flexibility index (Phi) is 4.83. The van der Waals surface area contributed by atoms with E-state index >= 15 is 0 Å². The maximum Gasteiger partial charge on any atom is 0.265 e. The molecule has 0 radical (unpaired) electrons. The zero-order valence-corrected chi connectivity index (χ0v) is 18.3. The van der Waals surface area contributed by atoms with Crippen molar-refractivity contribution < 1.29 is 14.3 Å². The predicted octanol–water partition coefficient (Wildman–Crippen LogP) is 4.50. The highest BCUT2D eigenvalue weighted by atomic mass is 32.1. The molecule has 1 aliphatic heterocycles. The molecule has 4 heterocycles. The van der Waals surface area contributed by atoms with Gasteiger partial charge in [-0.15, -0.1) is 11.3 Å². The Bertz CT molecular complexity index is 1290. The number of nitrogens with one attached hydrogen (secondary N) is 1. The van der Waals surface area contributed by atoms with Gasteiger partial charge in [-0.25, -0.2) is 15.0 Å². The molecule has 5 rings (SSSR count). The lowest BCUT2D eigenvalue weighted by Crippen LogP contribution is -2.32. The van der Waals surface area contributed by atoms with Crippen molar-refractivity contribution in [3.63, 3.8) is 0 Å². The van der Waals surface area contributed by atoms with E-state index in [0.717, 1.165) is 43.8 Å². The van der Waals surface area contributed by atoms with Gasteiger partial charge in [0.05, 0.1) is 23.4 Å². The molecule has 4 aromatic rings. The molecule has 31 heavy (non-hydrogen) atoms. The highest BCUT2D eigenvalue weighted by Crippen LogP contribution is 2.38. The SMILES string of the molecule is C[C@H](Oc1ncnc2c1sc1nc3c(cc12)COC(C)(C)C3)C(=O)Nc1ccccc1. The Morgan fingerprint density at radius 2 is 2.06 bits per heavy atom. The molecule has 8 heteroatoms. The van der Waals surface area contributed by atoms with Crippen LogP contribution in [0.25, 0.3) is 20.4 Å². The van der Waals surface area contributed by atoms with Gasteiger partial charge in [0.1, 0.15) is 15.9 Å². The summed E-state index contributed by atoms with van der Waals surface area (Å²) in [7, 11) is 0. The van der Waals surface area contributed by atoms with Crippen LogP contribution in [0.1, 0.15) is 32.0 Å². The number of carbonyl (C=O) groups excluding carboxylic acids is 1. The molecule has 1 aromatic carbocycles. The van der Waals surface area contributed by atoms with E-state index in [0.29, 0.717) is 12.5 Å². The van der Waals surface area contributed by atoms with E-state index in [-0.39, 0.29) is 11.5 Å². The van der Waals surface area contributed by atoms with Crippen LogP contribution in [-0.4, -0.2) is 32.6 Å². The van der Waals surface area contributed by atoms with Crippen molar-refractivity contribution in [2.75, 3.05) is 5.32 Å². The number of pyridine rings is 1. The fourth-order valence-corrected chi connectivity index (χ4v) is 4.70. The Hall–Kier alpha value is -3.10. The normalized spacial score (nSPS) is 16.1. The summed E-state index contributed by atoms with van der Waals surface area (Å²) in [5.41, 5.74) is 3.42. The first-order chi connectivity index (χ1) is 14.9. The van der Waals surface area contributed by atoms with E-state index in [1.165, 1.54) is 17.7 Å². The maximum absolute atomic E-state index is 12.6. The second kappa shape index (κ2) is 7.55. The molecule has 1 N–H and O–H groups in total. The first-order valence-corrected chi connectivity index (χ1v) is 10.9. The molecule has 3 aromatic heterocycles. The average Bonchev–Trinajstić information content (AvgIpc) is 3.10. The number of amides is 1. The first-order valence-electron chi connectivity index (χ1n) is 10.1. The van der Waals surface area contributed by atoms with Crippen LogP contribution >= 0.6 is 11.3 Å². The van der Waals surface area contributed by atoms with Crippen LogP contribution in [0.3, 0.4) is 0 Å². The third-order valence-electron chi connectivity index (χ3n) is 5.29. The molecule has 7 nitrogen and oxygen atoms in total. The summed E-state index contributed by atoms with van der Waals surface area (Å²) in [6.07, 6.45) is 1.50. The molecule has 0 fully saturated rings. The number of aromatic nitrogens is 3. The molecule has 0 spiro atoms. The molecule has 158 valence electrons. The summed E-state index contributed by atoms with van der Waals surface area (Å²) in [4.78, 5) is 27.1. The molecule has 1 atom stereocenters. The van der Waals surface area contributed by atoms with Crippen molar-refractivity contribution in [3.05, 3.63) is 54.0 Å². The lowest BCUT2D eigenvalue weighted by atomic mass is 9.95. The van der Waals surface area contributed by atoms with E-state index in [2.05, 4.69) is 35.2 Å². The summed E-state index contributed by atoms with van der Waals surface area (Å²) in [6, 6.07) is 11.4. The van der Waals surface area contributed by atoms with Crippen molar-refractivity contribution in [2.24, 2.45) is 0 Å². The Labute approximate surface area is 183 Å². The molecule has 1 aliphatic rings. The molecule has 0 unspecified atom stereocenters. The maximum atomic E-state index is 12.6. The van der Waals surface area contributed by atoms with Gasteiger partial charge in [-0.05, 0) is 39.0 Å². The summed E-state index contributed by atoms with van der Waals surface area (Å²) >= 11 is 1.49. The van der Waals surface area contributed by atoms with E-state index < -0.39 is 6.10 Å². The fraction of sp³-hybridized carbons (Fsp3) is 0.304. The Balaban J connectivity index is 1.46. The van der Waals surface area contributed by atoms with Crippen LogP contribution in [0, 0.1) is 0 Å². The highest BCUT2D eigenvalue weighted by Gasteiger charge is 2.28. The number of benzene rings is 1. The average molecular weight is 435 g/mol. The smallest absolute Gasteiger partial charge is 0.265 e. The number of thiophene rings is 1. The van der Waals surface area contributed by atoms with E-state index in [1.54, 1.807) is 6.92 Å². The van der Waals surface area contributed by atoms with Crippen molar-refractivity contribution in [2.45, 2.75) is 45.5 Å². The van der Waals surface area contributed by atoms with Crippen LogP contribution in [0.15, 0.2) is 42.7 Å². The third kappa shape index (κ3) is 3.84. The zero-order valence-electron chi connectivity index (χ0n) is 17.5. The number of ether oxygens (including phenoxy) is 2. The van der Waals surface area contributed by atoms with Gasteiger partial charge in [0.2, 0.25) is 5.88 Å². The molecule has 0 aliphatic carbocycles. The second-order valence-electron chi connectivity index (χ2n) is 8.25. The van der Waals surface area contributed by atoms with Gasteiger partial charge in [-0.3, -0.25) is 4.79 Å². The van der Waals surface area contributed by atoms with Crippen LogP contribution in [0.4, 0.5) is 5.69 Å². The van der Waals surface area contributed by atoms with Gasteiger partial charge in [-0.2, -0.15) is 0 Å². The van der Waals surface area contributed by atoms with Gasteiger partial charge >= 0.3 is 0 Å². The molecular formula is C23H22N4O3S. The number of hydrogen-bond acceptors (Lipinski definition) is 7. The molecule has 0 bridgehead atoms. The van der Waals surface area contributed by atoms with Crippen LogP contribution in [0.2, 0.25) is 0 Å². The van der Waals surface area contributed by atoms with Gasteiger partial charge in [-0.1, -0.05) is 18.2 Å². The summed E-state index contributed by atoms with van der Waals surface area (Å²) in [5, 5.41) is 3.81. The topological polar surface area (TPSA) is 86.2 Å². The number of anilines is 1. The lowest BCUT2D eigenvalue weighted by Gasteiger charge is -2.30. The third-order valence-corrected chi connectivity index (χ3v) is 6.37. The molecular weight excluding hydrogens is 412 g/mol. The first kappa shape index (κ1) is 19.8. The van der Waals surface area contributed by atoms with Gasteiger partial charge in [0.15, 0.2) is 6.10 Å². The quantitative estimate of drug-likeness (QED) is 0.509. The van der Waals surface area contributed by atoms with E-state index in [9.17, 15) is 4.79 Å². The minimum atomic E-state index is -0.723. The number of carbonyl (C=O) groups is 1. The molecule has 0 saturated carbocycles. The van der Waals surface area contributed by atoms with E-state index in [4.69, 9.17) is 14.5 Å². The van der Waals surface area contributed by atoms with Crippen LogP contribution in [0.5, 0.6) is 5.88 Å². The standard InChI is InChI=1S/C23H22N4O3S/c1-13(20(28)26-15-7-5-4-6-8-15)30-21-19-18(24-12-25-21)16-9-14-11-29-23(2,3)10-17(14)27-22(16)31-19/h4-9,12-13H,10-11H2,1-3H3,(H,26,28)/t13-/m0/s1. The summed E-state index contributed by atoms with van der Waals surface area (Å²) in [6.45, 7) is 6.39. The predicted molar refractivity (Wildman–Crippen MR) is 120 cm³/mol. The number of para-hydroxylation sites is 1. The zero-order chi connectivity index (χ0) is 21.6. The minimum Gasteiger partial charge on any atom is -0.463 e. The molecule has 0 saturated heterocycles. The number of fused-ring (bicyclic) bond motifs is 4. The Morgan fingerprint density at radius 1 is 1.26 bits per heavy atom. The summed E-state index contributed by atoms with van der Waals surface area (Å²) < 4.78 is 12.7. The van der Waals surface area contributed by atoms with Crippen LogP contribution in [-0.2, 0) is 22.6 Å². The van der Waals surface area contributed by atoms with Crippen LogP contribution < -0.4 is 10.1 Å². The summed E-state index contributed by atoms with van der Waals surface area (Å²) in [5.74, 6) is 0.144. The minimum absolute atomic E-state index is 0.222. The van der Waals surface area contributed by atoms with E-state index in [1.807, 2.05) is 30.3 Å². The number of hydrogen-bond donors (Lipinski definition) is 1. The second-order valence-corrected chi connectivity index (χ2v) is 9.25. The number of rotatable bonds is 4. The van der Waals surface area contributed by atoms with Crippen molar-refractivity contribution >= 4 is 43.4 Å².